The monoisotopic (exact) mass is 588 g/mol. The highest BCUT2D eigenvalue weighted by atomic mass is 16.2. The van der Waals surface area contributed by atoms with Crippen LogP contribution in [0.15, 0.2) is 41.3 Å². The maximum absolute atomic E-state index is 14.2. The Balaban J connectivity index is 1.43. The number of nitrogens with one attached hydrogen (secondary N) is 3. The Kier molecular flexibility index (Phi) is 9.17. The fraction of sp³-hybridized carbons (Fsp3) is 0.531. The molecule has 2 aromatic heterocycles. The summed E-state index contributed by atoms with van der Waals surface area (Å²) in [6, 6.07) is 9.89. The van der Waals surface area contributed by atoms with Gasteiger partial charge in [-0.1, -0.05) is 24.3 Å². The van der Waals surface area contributed by atoms with Crippen LogP contribution in [0.5, 0.6) is 0 Å². The molecule has 3 aromatic rings. The van der Waals surface area contributed by atoms with Gasteiger partial charge in [0.2, 0.25) is 5.95 Å². The summed E-state index contributed by atoms with van der Waals surface area (Å²) in [5.74, 6) is 0.475. The molecule has 0 atom stereocenters. The number of likely N-dealkylation sites (tertiary alicyclic amines) is 2. The molecule has 230 valence electrons. The summed E-state index contributed by atoms with van der Waals surface area (Å²) < 4.78 is 1.83. The molecule has 2 saturated heterocycles. The topological polar surface area (TPSA) is 124 Å². The smallest absolute Gasteiger partial charge is 0.317 e. The predicted molar refractivity (Wildman–Crippen MR) is 169 cm³/mol. The molecule has 11 nitrogen and oxygen atoms in total. The zero-order chi connectivity index (χ0) is 30.7. The van der Waals surface area contributed by atoms with Crippen molar-refractivity contribution in [1.29, 1.82) is 0 Å². The van der Waals surface area contributed by atoms with Crippen LogP contribution in [0, 0.1) is 6.92 Å². The summed E-state index contributed by atoms with van der Waals surface area (Å²) in [5, 5.41) is 10.2. The van der Waals surface area contributed by atoms with E-state index in [2.05, 4.69) is 20.9 Å². The average Bonchev–Trinajstić information content (AvgIpc) is 2.97. The molecule has 2 aliphatic heterocycles. The predicted octanol–water partition coefficient (Wildman–Crippen LogP) is 4.52. The standard InChI is InChI=1S/C32H44N8O3/c1-20(2)34-31(42)38-14-10-24(11-15-38)36-30-33-19-23-18-27(26-9-7-6-8-22(26)5)29(41)40(28(23)37-30)25-12-16-39(17-13-25)32(43)35-21(3)4/h6-9,18-21,24-25H,10-17H2,1-5H3,(H,34,42)(H,35,43)(H,33,36,37). The van der Waals surface area contributed by atoms with Crippen LogP contribution in [0.1, 0.15) is 65.0 Å². The largest absolute Gasteiger partial charge is 0.351 e. The van der Waals surface area contributed by atoms with E-state index in [-0.39, 0.29) is 41.8 Å². The quantitative estimate of drug-likeness (QED) is 0.389. The van der Waals surface area contributed by atoms with Gasteiger partial charge in [-0.05, 0) is 77.5 Å². The normalized spacial score (nSPS) is 16.6. The van der Waals surface area contributed by atoms with Crippen LogP contribution in [0.25, 0.3) is 22.2 Å². The van der Waals surface area contributed by atoms with Gasteiger partial charge in [0, 0.05) is 67.5 Å². The van der Waals surface area contributed by atoms with E-state index in [0.29, 0.717) is 56.2 Å². The van der Waals surface area contributed by atoms with Gasteiger partial charge in [0.1, 0.15) is 5.65 Å². The van der Waals surface area contributed by atoms with Crippen molar-refractivity contribution < 1.29 is 9.59 Å². The van der Waals surface area contributed by atoms with E-state index in [9.17, 15) is 14.4 Å². The molecule has 4 heterocycles. The van der Waals surface area contributed by atoms with Crippen molar-refractivity contribution >= 4 is 29.0 Å². The van der Waals surface area contributed by atoms with E-state index in [0.717, 1.165) is 29.4 Å². The molecule has 3 N–H and O–H groups in total. The van der Waals surface area contributed by atoms with E-state index < -0.39 is 0 Å². The molecule has 43 heavy (non-hydrogen) atoms. The average molecular weight is 589 g/mol. The Hall–Kier alpha value is -4.15. The minimum atomic E-state index is -0.104. The number of nitrogens with zero attached hydrogens (tertiary/aromatic N) is 5. The Morgan fingerprint density at radius 2 is 1.44 bits per heavy atom. The van der Waals surface area contributed by atoms with Gasteiger partial charge in [-0.25, -0.2) is 14.6 Å². The maximum Gasteiger partial charge on any atom is 0.317 e. The summed E-state index contributed by atoms with van der Waals surface area (Å²) in [6.45, 7) is 12.2. The number of pyridine rings is 1. The van der Waals surface area contributed by atoms with Gasteiger partial charge < -0.3 is 25.8 Å². The Labute approximate surface area is 253 Å². The van der Waals surface area contributed by atoms with Crippen molar-refractivity contribution in [2.45, 2.75) is 84.5 Å². The second kappa shape index (κ2) is 13.0. The van der Waals surface area contributed by atoms with Gasteiger partial charge in [0.15, 0.2) is 0 Å². The highest BCUT2D eigenvalue weighted by Gasteiger charge is 2.28. The van der Waals surface area contributed by atoms with Crippen molar-refractivity contribution in [3.05, 3.63) is 52.4 Å². The van der Waals surface area contributed by atoms with Crippen LogP contribution in [-0.4, -0.2) is 80.7 Å². The summed E-state index contributed by atoms with van der Waals surface area (Å²) >= 11 is 0. The first-order valence-electron chi connectivity index (χ1n) is 15.5. The number of carbonyl (C=O) groups is 2. The first-order chi connectivity index (χ1) is 20.6. The number of amides is 4. The van der Waals surface area contributed by atoms with Gasteiger partial charge in [-0.15, -0.1) is 0 Å². The van der Waals surface area contributed by atoms with Gasteiger partial charge in [0.25, 0.3) is 5.56 Å². The third kappa shape index (κ3) is 6.92. The highest BCUT2D eigenvalue weighted by molar-refractivity contribution is 5.82. The zero-order valence-corrected chi connectivity index (χ0v) is 25.9. The summed E-state index contributed by atoms with van der Waals surface area (Å²) in [7, 11) is 0. The molecule has 2 aliphatic rings. The molecule has 0 spiro atoms. The molecule has 0 radical (unpaired) electrons. The molecule has 1 aromatic carbocycles. The molecule has 2 fully saturated rings. The fourth-order valence-electron chi connectivity index (χ4n) is 6.01. The lowest BCUT2D eigenvalue weighted by atomic mass is 9.99. The molecule has 0 saturated carbocycles. The number of anilines is 1. The number of urea groups is 2. The van der Waals surface area contributed by atoms with E-state index in [1.165, 1.54) is 0 Å². The molecule has 11 heteroatoms. The summed E-state index contributed by atoms with van der Waals surface area (Å²) in [4.78, 5) is 52.5. The fourth-order valence-corrected chi connectivity index (χ4v) is 6.01. The molecule has 4 amide bonds. The third-order valence-electron chi connectivity index (χ3n) is 8.26. The van der Waals surface area contributed by atoms with Crippen molar-refractivity contribution in [1.82, 2.24) is 35.0 Å². The number of rotatable bonds is 6. The van der Waals surface area contributed by atoms with Crippen LogP contribution in [0.4, 0.5) is 15.5 Å². The number of piperidine rings is 2. The minimum absolute atomic E-state index is 0.0309. The van der Waals surface area contributed by atoms with Crippen LogP contribution in [0.3, 0.4) is 0 Å². The van der Waals surface area contributed by atoms with Crippen molar-refractivity contribution in [2.75, 3.05) is 31.5 Å². The van der Waals surface area contributed by atoms with Crippen LogP contribution in [0.2, 0.25) is 0 Å². The molecular weight excluding hydrogens is 544 g/mol. The van der Waals surface area contributed by atoms with Crippen molar-refractivity contribution in [2.24, 2.45) is 0 Å². The SMILES string of the molecule is Cc1ccccc1-c1cc2cnc(NC3CCN(C(=O)NC(C)C)CC3)nc2n(C2CCN(C(=O)NC(C)C)CC2)c1=O. The number of fused-ring (bicyclic) bond motifs is 1. The number of hydrogen-bond acceptors (Lipinski definition) is 6. The van der Waals surface area contributed by atoms with Gasteiger partial charge in [-0.2, -0.15) is 4.98 Å². The second-order valence-corrected chi connectivity index (χ2v) is 12.4. The zero-order valence-electron chi connectivity index (χ0n) is 25.9. The third-order valence-corrected chi connectivity index (χ3v) is 8.26. The molecule has 0 bridgehead atoms. The number of benzene rings is 1. The van der Waals surface area contributed by atoms with E-state index in [1.807, 2.05) is 79.3 Å². The first kappa shape index (κ1) is 30.3. The molecule has 0 unspecified atom stereocenters. The Morgan fingerprint density at radius 3 is 2.02 bits per heavy atom. The number of aryl methyl sites for hydroxylation is 1. The minimum Gasteiger partial charge on any atom is -0.351 e. The van der Waals surface area contributed by atoms with Crippen LogP contribution in [-0.2, 0) is 0 Å². The molecule has 0 aliphatic carbocycles. The summed E-state index contributed by atoms with van der Waals surface area (Å²) in [6.07, 6.45) is 4.66. The Morgan fingerprint density at radius 1 is 0.860 bits per heavy atom. The lowest BCUT2D eigenvalue weighted by Crippen LogP contribution is -2.48. The molecule has 5 rings (SSSR count). The van der Waals surface area contributed by atoms with Crippen molar-refractivity contribution in [3.8, 4) is 11.1 Å². The van der Waals surface area contributed by atoms with Gasteiger partial charge in [0.05, 0.1) is 0 Å². The van der Waals surface area contributed by atoms with E-state index in [1.54, 1.807) is 6.20 Å². The van der Waals surface area contributed by atoms with Crippen LogP contribution >= 0.6 is 0 Å². The van der Waals surface area contributed by atoms with Crippen molar-refractivity contribution in [3.63, 3.8) is 0 Å². The van der Waals surface area contributed by atoms with E-state index in [4.69, 9.17) is 4.98 Å². The second-order valence-electron chi connectivity index (χ2n) is 12.4. The number of hydrogen-bond donors (Lipinski definition) is 3. The van der Waals surface area contributed by atoms with Crippen LogP contribution < -0.4 is 21.5 Å². The number of aromatic nitrogens is 3. The first-order valence-corrected chi connectivity index (χ1v) is 15.5. The lowest BCUT2D eigenvalue weighted by molar-refractivity contribution is 0.169. The van der Waals surface area contributed by atoms with Gasteiger partial charge >= 0.3 is 12.1 Å². The Bertz CT molecular complexity index is 1520. The highest BCUT2D eigenvalue weighted by Crippen LogP contribution is 2.29. The van der Waals surface area contributed by atoms with E-state index >= 15 is 0 Å². The number of carbonyl (C=O) groups excluding carboxylic acids is 2. The lowest BCUT2D eigenvalue weighted by Gasteiger charge is -2.34. The summed E-state index contributed by atoms with van der Waals surface area (Å²) in [5.41, 5.74) is 3.06. The maximum atomic E-state index is 14.2. The molecular formula is C32H44N8O3. The van der Waals surface area contributed by atoms with Gasteiger partial charge in [-0.3, -0.25) is 9.36 Å².